The van der Waals surface area contributed by atoms with Crippen molar-refractivity contribution in [3.63, 3.8) is 0 Å². The number of benzene rings is 3. The fourth-order valence-electron chi connectivity index (χ4n) is 6.44. The van der Waals surface area contributed by atoms with Crippen LogP contribution in [0.25, 0.3) is 11.1 Å². The van der Waals surface area contributed by atoms with Crippen molar-refractivity contribution in [1.29, 1.82) is 0 Å². The summed E-state index contributed by atoms with van der Waals surface area (Å²) in [5.41, 5.74) is 3.83. The minimum absolute atomic E-state index is 0.0227. The Morgan fingerprint density at radius 1 is 0.918 bits per heavy atom. The van der Waals surface area contributed by atoms with Crippen LogP contribution < -0.4 is 15.4 Å². The van der Waals surface area contributed by atoms with Gasteiger partial charge in [0.1, 0.15) is 28.6 Å². The second-order valence-electron chi connectivity index (χ2n) is 12.7. The van der Waals surface area contributed by atoms with Crippen LogP contribution in [0.2, 0.25) is 0 Å². The van der Waals surface area contributed by atoms with Gasteiger partial charge in [-0.25, -0.2) is 9.37 Å². The number of hydrogen-bond donors (Lipinski definition) is 4. The van der Waals surface area contributed by atoms with E-state index in [9.17, 15) is 24.2 Å². The molecule has 256 valence electrons. The van der Waals surface area contributed by atoms with Gasteiger partial charge >= 0.3 is 0 Å². The minimum atomic E-state index is -0.662. The number of rotatable bonds is 9. The molecule has 1 aliphatic carbocycles. The van der Waals surface area contributed by atoms with E-state index < -0.39 is 11.7 Å². The number of phenolic OH excluding ortho intramolecular Hbond substituents is 2. The Morgan fingerprint density at radius 3 is 2.45 bits per heavy atom. The first-order valence-electron chi connectivity index (χ1n) is 16.7. The summed E-state index contributed by atoms with van der Waals surface area (Å²) in [5, 5.41) is 26.4. The molecule has 2 amide bonds. The fourth-order valence-corrected chi connectivity index (χ4v) is 6.44. The molecule has 0 atom stereocenters. The molecule has 0 radical (unpaired) electrons. The van der Waals surface area contributed by atoms with Gasteiger partial charge in [0, 0.05) is 38.3 Å². The zero-order valence-corrected chi connectivity index (χ0v) is 27.5. The predicted octanol–water partition coefficient (Wildman–Crippen LogP) is 6.09. The molecule has 0 unspecified atom stereocenters. The summed E-state index contributed by atoms with van der Waals surface area (Å²) in [6.07, 6.45) is 4.43. The quantitative estimate of drug-likeness (QED) is 0.168. The monoisotopic (exact) mass is 668 g/mol. The molecule has 1 saturated carbocycles. The van der Waals surface area contributed by atoms with Crippen molar-refractivity contribution in [3.8, 4) is 34.3 Å². The molecule has 4 N–H and O–H groups in total. The zero-order chi connectivity index (χ0) is 34.3. The molecule has 1 aromatic heterocycles. The number of aromatic hydroxyl groups is 2. The third-order valence-corrected chi connectivity index (χ3v) is 9.01. The van der Waals surface area contributed by atoms with Crippen LogP contribution in [0, 0.1) is 12.7 Å². The highest BCUT2D eigenvalue weighted by Gasteiger charge is 2.27. The summed E-state index contributed by atoms with van der Waals surface area (Å²) in [6.45, 7) is 5.61. The summed E-state index contributed by atoms with van der Waals surface area (Å²) in [5.74, 6) is -0.984. The number of ether oxygens (including phenoxy) is 2. The largest absolute Gasteiger partial charge is 0.508 e. The van der Waals surface area contributed by atoms with E-state index >= 15 is 0 Å². The topological polar surface area (TPSA) is 133 Å². The number of nitrogens with zero attached hydrogens (tertiary/aromatic N) is 2. The van der Waals surface area contributed by atoms with Crippen molar-refractivity contribution in [2.75, 3.05) is 26.3 Å². The maximum Gasteiger partial charge on any atom is 0.257 e. The van der Waals surface area contributed by atoms with Gasteiger partial charge in [-0.1, -0.05) is 29.8 Å². The van der Waals surface area contributed by atoms with Crippen LogP contribution >= 0.6 is 0 Å². The number of nitrogens with one attached hydrogen (secondary N) is 2. The van der Waals surface area contributed by atoms with Gasteiger partial charge < -0.3 is 30.3 Å². The molecule has 49 heavy (non-hydrogen) atoms. The lowest BCUT2D eigenvalue weighted by molar-refractivity contribution is 0.0888. The smallest absolute Gasteiger partial charge is 0.257 e. The molecule has 2 aliphatic rings. The van der Waals surface area contributed by atoms with Crippen LogP contribution in [0.5, 0.6) is 23.1 Å². The maximum absolute atomic E-state index is 14.4. The lowest BCUT2D eigenvalue weighted by atomic mass is 9.90. The van der Waals surface area contributed by atoms with Gasteiger partial charge in [-0.05, 0) is 98.2 Å². The number of aromatic nitrogens is 1. The number of carbonyl (C=O) groups is 2. The molecule has 2 fully saturated rings. The van der Waals surface area contributed by atoms with Crippen LogP contribution in [-0.2, 0) is 11.3 Å². The van der Waals surface area contributed by atoms with E-state index in [1.54, 1.807) is 30.3 Å². The normalized spacial score (nSPS) is 18.3. The van der Waals surface area contributed by atoms with Crippen LogP contribution in [0.3, 0.4) is 0 Å². The van der Waals surface area contributed by atoms with Gasteiger partial charge in [0.25, 0.3) is 11.8 Å². The Kier molecular flexibility index (Phi) is 10.7. The number of pyridine rings is 1. The lowest BCUT2D eigenvalue weighted by Gasteiger charge is -2.30. The van der Waals surface area contributed by atoms with Crippen molar-refractivity contribution in [1.82, 2.24) is 20.5 Å². The first-order chi connectivity index (χ1) is 23.7. The zero-order valence-electron chi connectivity index (χ0n) is 27.5. The third-order valence-electron chi connectivity index (χ3n) is 9.01. The van der Waals surface area contributed by atoms with Gasteiger partial charge in [-0.15, -0.1) is 0 Å². The van der Waals surface area contributed by atoms with Crippen LogP contribution in [0.4, 0.5) is 4.39 Å². The second kappa shape index (κ2) is 15.5. The van der Waals surface area contributed by atoms with E-state index in [1.807, 2.05) is 31.2 Å². The first kappa shape index (κ1) is 33.9. The third kappa shape index (κ3) is 8.73. The summed E-state index contributed by atoms with van der Waals surface area (Å²) >= 11 is 0. The molecular weight excluding hydrogens is 627 g/mol. The molecule has 1 aliphatic heterocycles. The highest BCUT2D eigenvalue weighted by Crippen LogP contribution is 2.33. The molecule has 10 nitrogen and oxygen atoms in total. The number of carbonyl (C=O) groups excluding carboxylic acids is 2. The van der Waals surface area contributed by atoms with E-state index in [2.05, 4.69) is 20.5 Å². The molecule has 0 spiro atoms. The SMILES string of the molecule is Cc1ccc(O)c(C(=O)N[C@H]2CC[C@H](NC(=O)c3cc(F)cnc3Oc3cccc(-c4ccc(O)cc4CN4CCCOCC4)c3)CC2)c1. The molecular formula is C38H41FN4O6. The van der Waals surface area contributed by atoms with Crippen molar-refractivity contribution in [2.24, 2.45) is 0 Å². The summed E-state index contributed by atoms with van der Waals surface area (Å²) in [7, 11) is 0. The standard InChI is InChI=1S/C38H41FN4O6/c1-24-6-13-35(45)33(18-24)36(46)41-28-7-9-29(10-8-28)42-37(47)34-21-27(39)22-40-38(34)49-31-5-2-4-25(20-31)32-12-11-30(44)19-26(32)23-43-14-3-16-48-17-15-43/h2,4-6,11-13,18-22,28-29,44-45H,3,7-10,14-17,23H2,1H3,(H,41,46)(H,42,47)/t28-,29-. The van der Waals surface area contributed by atoms with E-state index in [0.717, 1.165) is 60.6 Å². The Morgan fingerprint density at radius 2 is 1.67 bits per heavy atom. The second-order valence-corrected chi connectivity index (χ2v) is 12.7. The van der Waals surface area contributed by atoms with E-state index in [4.69, 9.17) is 9.47 Å². The Balaban J connectivity index is 1.11. The van der Waals surface area contributed by atoms with Gasteiger partial charge in [0.15, 0.2) is 0 Å². The number of hydrogen-bond acceptors (Lipinski definition) is 8. The highest BCUT2D eigenvalue weighted by atomic mass is 19.1. The van der Waals surface area contributed by atoms with Crippen molar-refractivity contribution in [2.45, 2.75) is 57.7 Å². The summed E-state index contributed by atoms with van der Waals surface area (Å²) in [6, 6.07) is 18.4. The van der Waals surface area contributed by atoms with Gasteiger partial charge in [0.05, 0.1) is 18.4 Å². The number of aryl methyl sites for hydroxylation is 1. The molecule has 6 rings (SSSR count). The number of amides is 2. The Hall–Kier alpha value is -5.00. The molecule has 3 aromatic carbocycles. The molecule has 2 heterocycles. The van der Waals surface area contributed by atoms with Crippen LogP contribution in [0.15, 0.2) is 72.9 Å². The molecule has 0 bridgehead atoms. The van der Waals surface area contributed by atoms with Gasteiger partial charge in [-0.2, -0.15) is 0 Å². The summed E-state index contributed by atoms with van der Waals surface area (Å²) in [4.78, 5) is 32.6. The highest BCUT2D eigenvalue weighted by molar-refractivity contribution is 5.97. The minimum Gasteiger partial charge on any atom is -0.508 e. The molecule has 4 aromatic rings. The van der Waals surface area contributed by atoms with Gasteiger partial charge in [-0.3, -0.25) is 14.5 Å². The number of halogens is 1. The van der Waals surface area contributed by atoms with Crippen molar-refractivity contribution >= 4 is 11.8 Å². The average molecular weight is 669 g/mol. The fraction of sp³-hybridized carbons (Fsp3) is 0.342. The maximum atomic E-state index is 14.4. The van der Waals surface area contributed by atoms with E-state index in [-0.39, 0.29) is 46.5 Å². The number of phenols is 2. The van der Waals surface area contributed by atoms with Crippen molar-refractivity contribution in [3.05, 3.63) is 101 Å². The summed E-state index contributed by atoms with van der Waals surface area (Å²) < 4.78 is 26.1. The first-order valence-corrected chi connectivity index (χ1v) is 16.7. The predicted molar refractivity (Wildman–Crippen MR) is 182 cm³/mol. The van der Waals surface area contributed by atoms with Gasteiger partial charge in [0.2, 0.25) is 5.88 Å². The molecule has 11 heteroatoms. The van der Waals surface area contributed by atoms with E-state index in [0.29, 0.717) is 44.6 Å². The van der Waals surface area contributed by atoms with E-state index in [1.165, 1.54) is 6.07 Å². The van der Waals surface area contributed by atoms with Crippen molar-refractivity contribution < 1.29 is 33.7 Å². The lowest BCUT2D eigenvalue weighted by Crippen LogP contribution is -2.44. The van der Waals surface area contributed by atoms with Crippen LogP contribution in [-0.4, -0.2) is 70.3 Å². The Bertz CT molecular complexity index is 1800. The Labute approximate surface area is 284 Å². The molecule has 1 saturated heterocycles. The van der Waals surface area contributed by atoms with Crippen LogP contribution in [0.1, 0.15) is 63.9 Å². The average Bonchev–Trinajstić information content (AvgIpc) is 3.36.